The molecule has 2 N–H and O–H groups in total. The van der Waals surface area contributed by atoms with Crippen molar-refractivity contribution in [3.8, 4) is 0 Å². The average molecular weight is 331 g/mol. The Bertz CT molecular complexity index is 963. The van der Waals surface area contributed by atoms with E-state index in [1.165, 1.54) is 5.56 Å². The lowest BCUT2D eigenvalue weighted by Crippen LogP contribution is -2.23. The summed E-state index contributed by atoms with van der Waals surface area (Å²) < 4.78 is 0. The summed E-state index contributed by atoms with van der Waals surface area (Å²) >= 11 is 0. The monoisotopic (exact) mass is 331 g/mol. The molecule has 0 atom stereocenters. The molecule has 0 spiro atoms. The molecule has 0 saturated heterocycles. The minimum absolute atomic E-state index is 0.450. The standard InChI is InChI=1S/C21H21N3O/c1-4-18-17(13-24(3)15-9-7-8-14(2)12-15)20(21(22)25)16-10-5-6-11-19(16)23-18/h4-12H,1,13H2,2-3H3,(H2,22,25). The Kier molecular flexibility index (Phi) is 4.52. The Hall–Kier alpha value is -3.14. The fourth-order valence-corrected chi connectivity index (χ4v) is 3.07. The highest BCUT2D eigenvalue weighted by Gasteiger charge is 2.19. The lowest BCUT2D eigenvalue weighted by molar-refractivity contribution is 0.100. The molecular weight excluding hydrogens is 310 g/mol. The molecule has 3 aromatic rings. The van der Waals surface area contributed by atoms with E-state index in [0.29, 0.717) is 17.8 Å². The SMILES string of the molecule is C=Cc1nc2ccccc2c(C(N)=O)c1CN(C)c1cccc(C)c1. The molecule has 1 aromatic heterocycles. The van der Waals surface area contributed by atoms with Gasteiger partial charge in [-0.05, 0) is 36.8 Å². The third kappa shape index (κ3) is 3.24. The second kappa shape index (κ2) is 6.77. The molecule has 4 heteroatoms. The van der Waals surface area contributed by atoms with Gasteiger partial charge < -0.3 is 10.6 Å². The first-order valence-corrected chi connectivity index (χ1v) is 8.13. The predicted octanol–water partition coefficient (Wildman–Crippen LogP) is 3.92. The maximum atomic E-state index is 12.2. The average Bonchev–Trinajstić information content (AvgIpc) is 2.60. The first-order valence-electron chi connectivity index (χ1n) is 8.13. The number of nitrogens with two attached hydrogens (primary N) is 1. The summed E-state index contributed by atoms with van der Waals surface area (Å²) in [6, 6.07) is 15.8. The number of fused-ring (bicyclic) bond motifs is 1. The van der Waals surface area contributed by atoms with Crippen molar-refractivity contribution < 1.29 is 4.79 Å². The fraction of sp³-hybridized carbons (Fsp3) is 0.143. The molecule has 0 bridgehead atoms. The van der Waals surface area contributed by atoms with E-state index in [0.717, 1.165) is 22.2 Å². The van der Waals surface area contributed by atoms with Crippen LogP contribution < -0.4 is 10.6 Å². The Morgan fingerprint density at radius 1 is 1.24 bits per heavy atom. The van der Waals surface area contributed by atoms with E-state index in [9.17, 15) is 4.79 Å². The zero-order valence-corrected chi connectivity index (χ0v) is 14.5. The van der Waals surface area contributed by atoms with Crippen LogP contribution in [0.1, 0.15) is 27.2 Å². The number of anilines is 1. The topological polar surface area (TPSA) is 59.2 Å². The molecule has 0 aliphatic rings. The first-order chi connectivity index (χ1) is 12.0. The highest BCUT2D eigenvalue weighted by atomic mass is 16.1. The highest BCUT2D eigenvalue weighted by molar-refractivity contribution is 6.07. The van der Waals surface area contributed by atoms with Gasteiger partial charge in [-0.25, -0.2) is 4.98 Å². The van der Waals surface area contributed by atoms with Gasteiger partial charge in [0.25, 0.3) is 0 Å². The molecule has 0 radical (unpaired) electrons. The van der Waals surface area contributed by atoms with Crippen LogP contribution in [0.15, 0.2) is 55.1 Å². The molecule has 0 saturated carbocycles. The summed E-state index contributed by atoms with van der Waals surface area (Å²) in [6.45, 7) is 6.43. The second-order valence-corrected chi connectivity index (χ2v) is 6.13. The molecule has 0 unspecified atom stereocenters. The van der Waals surface area contributed by atoms with Crippen molar-refractivity contribution in [2.75, 3.05) is 11.9 Å². The van der Waals surface area contributed by atoms with E-state index in [4.69, 9.17) is 5.73 Å². The van der Waals surface area contributed by atoms with Crippen LogP contribution in [-0.2, 0) is 6.54 Å². The summed E-state index contributed by atoms with van der Waals surface area (Å²) in [4.78, 5) is 18.9. The van der Waals surface area contributed by atoms with Crippen molar-refractivity contribution in [2.24, 2.45) is 5.73 Å². The van der Waals surface area contributed by atoms with Gasteiger partial charge in [0.1, 0.15) is 0 Å². The van der Waals surface area contributed by atoms with Crippen molar-refractivity contribution in [2.45, 2.75) is 13.5 Å². The number of pyridine rings is 1. The van der Waals surface area contributed by atoms with Crippen molar-refractivity contribution in [1.82, 2.24) is 4.98 Å². The van der Waals surface area contributed by atoms with Crippen LogP contribution in [0.2, 0.25) is 0 Å². The van der Waals surface area contributed by atoms with Gasteiger partial charge >= 0.3 is 0 Å². The number of hydrogen-bond donors (Lipinski definition) is 1. The number of primary amides is 1. The third-order valence-corrected chi connectivity index (χ3v) is 4.30. The van der Waals surface area contributed by atoms with Gasteiger partial charge in [0, 0.05) is 30.2 Å². The Morgan fingerprint density at radius 2 is 2.00 bits per heavy atom. The number of carbonyl (C=O) groups is 1. The summed E-state index contributed by atoms with van der Waals surface area (Å²) in [5.41, 5.74) is 10.7. The Morgan fingerprint density at radius 3 is 2.68 bits per heavy atom. The number of para-hydroxylation sites is 1. The molecule has 2 aromatic carbocycles. The maximum Gasteiger partial charge on any atom is 0.249 e. The van der Waals surface area contributed by atoms with Crippen LogP contribution in [0.4, 0.5) is 5.69 Å². The first kappa shape index (κ1) is 16.7. The molecule has 1 amide bonds. The van der Waals surface area contributed by atoms with Gasteiger partial charge in [0.2, 0.25) is 5.91 Å². The Labute approximate surface area is 147 Å². The normalized spacial score (nSPS) is 10.6. The van der Waals surface area contributed by atoms with Gasteiger partial charge in [-0.1, -0.05) is 36.9 Å². The fourth-order valence-electron chi connectivity index (χ4n) is 3.07. The smallest absolute Gasteiger partial charge is 0.249 e. The third-order valence-electron chi connectivity index (χ3n) is 4.30. The van der Waals surface area contributed by atoms with E-state index in [1.807, 2.05) is 43.4 Å². The lowest BCUT2D eigenvalue weighted by atomic mass is 9.99. The van der Waals surface area contributed by atoms with Crippen LogP contribution in [0.3, 0.4) is 0 Å². The molecule has 0 fully saturated rings. The number of nitrogens with zero attached hydrogens (tertiary/aromatic N) is 2. The van der Waals surface area contributed by atoms with E-state index >= 15 is 0 Å². The van der Waals surface area contributed by atoms with Crippen LogP contribution in [-0.4, -0.2) is 17.9 Å². The number of aromatic nitrogens is 1. The molecule has 0 aliphatic heterocycles. The second-order valence-electron chi connectivity index (χ2n) is 6.13. The number of hydrogen-bond acceptors (Lipinski definition) is 3. The molecular formula is C21H21N3O. The molecule has 126 valence electrons. The minimum atomic E-state index is -0.450. The Balaban J connectivity index is 2.15. The van der Waals surface area contributed by atoms with Crippen molar-refractivity contribution in [3.05, 3.63) is 77.5 Å². The lowest BCUT2D eigenvalue weighted by Gasteiger charge is -2.23. The predicted molar refractivity (Wildman–Crippen MR) is 104 cm³/mol. The van der Waals surface area contributed by atoms with Crippen molar-refractivity contribution in [1.29, 1.82) is 0 Å². The van der Waals surface area contributed by atoms with Crippen LogP contribution in [0.5, 0.6) is 0 Å². The van der Waals surface area contributed by atoms with Crippen LogP contribution in [0.25, 0.3) is 17.0 Å². The van der Waals surface area contributed by atoms with Gasteiger partial charge in [-0.3, -0.25) is 4.79 Å². The number of aryl methyl sites for hydroxylation is 1. The van der Waals surface area contributed by atoms with Gasteiger partial charge in [-0.2, -0.15) is 0 Å². The molecule has 4 nitrogen and oxygen atoms in total. The van der Waals surface area contributed by atoms with E-state index in [1.54, 1.807) is 6.08 Å². The highest BCUT2D eigenvalue weighted by Crippen LogP contribution is 2.27. The molecule has 0 aliphatic carbocycles. The number of benzene rings is 2. The number of rotatable bonds is 5. The van der Waals surface area contributed by atoms with Crippen molar-refractivity contribution >= 4 is 28.6 Å². The summed E-state index contributed by atoms with van der Waals surface area (Å²) in [5.74, 6) is -0.450. The largest absolute Gasteiger partial charge is 0.370 e. The van der Waals surface area contributed by atoms with Gasteiger partial charge in [-0.15, -0.1) is 0 Å². The van der Waals surface area contributed by atoms with Crippen LogP contribution in [0, 0.1) is 6.92 Å². The van der Waals surface area contributed by atoms with E-state index in [2.05, 4.69) is 35.5 Å². The summed E-state index contributed by atoms with van der Waals surface area (Å²) in [5, 5.41) is 0.772. The summed E-state index contributed by atoms with van der Waals surface area (Å²) in [7, 11) is 1.99. The summed E-state index contributed by atoms with van der Waals surface area (Å²) in [6.07, 6.45) is 1.68. The van der Waals surface area contributed by atoms with Gasteiger partial charge in [0.15, 0.2) is 0 Å². The number of amides is 1. The van der Waals surface area contributed by atoms with Crippen molar-refractivity contribution in [3.63, 3.8) is 0 Å². The maximum absolute atomic E-state index is 12.2. The van der Waals surface area contributed by atoms with E-state index < -0.39 is 5.91 Å². The minimum Gasteiger partial charge on any atom is -0.370 e. The number of carbonyl (C=O) groups excluding carboxylic acids is 1. The van der Waals surface area contributed by atoms with E-state index in [-0.39, 0.29) is 0 Å². The zero-order valence-electron chi connectivity index (χ0n) is 14.5. The zero-order chi connectivity index (χ0) is 18.0. The van der Waals surface area contributed by atoms with Gasteiger partial charge in [0.05, 0.1) is 16.8 Å². The van der Waals surface area contributed by atoms with Crippen LogP contribution >= 0.6 is 0 Å². The molecule has 1 heterocycles. The molecule has 3 rings (SSSR count). The molecule has 25 heavy (non-hydrogen) atoms. The quantitative estimate of drug-likeness (QED) is 0.771.